The van der Waals surface area contributed by atoms with Crippen LogP contribution in [0.25, 0.3) is 10.1 Å². The summed E-state index contributed by atoms with van der Waals surface area (Å²) < 4.78 is 0.952. The molecule has 6 heteroatoms. The second-order valence-electron chi connectivity index (χ2n) is 5.85. The van der Waals surface area contributed by atoms with E-state index in [4.69, 9.17) is 11.6 Å². The molecule has 0 atom stereocenters. The van der Waals surface area contributed by atoms with Crippen LogP contribution in [0.15, 0.2) is 48.5 Å². The quantitative estimate of drug-likeness (QED) is 0.562. The molecule has 0 aliphatic heterocycles. The maximum Gasteiger partial charge on any atom is 0.267 e. The topological polar surface area (TPSA) is 58.2 Å². The SMILES string of the molecule is CCCCNC(=O)c1ccccc1NC(=O)c1sc2ccccc2c1Cl. The molecule has 0 saturated heterocycles. The highest BCUT2D eigenvalue weighted by atomic mass is 35.5. The number of rotatable bonds is 6. The summed E-state index contributed by atoms with van der Waals surface area (Å²) in [7, 11) is 0. The summed E-state index contributed by atoms with van der Waals surface area (Å²) in [6.07, 6.45) is 1.92. The fourth-order valence-corrected chi connectivity index (χ4v) is 4.02. The van der Waals surface area contributed by atoms with Crippen molar-refractivity contribution in [3.05, 3.63) is 64.0 Å². The van der Waals surface area contributed by atoms with Gasteiger partial charge in [-0.15, -0.1) is 11.3 Å². The fourth-order valence-electron chi connectivity index (χ4n) is 2.60. The first-order valence-electron chi connectivity index (χ1n) is 8.47. The highest BCUT2D eigenvalue weighted by Gasteiger charge is 2.19. The van der Waals surface area contributed by atoms with Gasteiger partial charge in [-0.2, -0.15) is 0 Å². The number of amides is 2. The van der Waals surface area contributed by atoms with Crippen LogP contribution in [0, 0.1) is 0 Å². The van der Waals surface area contributed by atoms with E-state index in [-0.39, 0.29) is 11.8 Å². The van der Waals surface area contributed by atoms with Crippen LogP contribution in [0.1, 0.15) is 39.8 Å². The molecule has 4 nitrogen and oxygen atoms in total. The molecule has 2 aromatic carbocycles. The van der Waals surface area contributed by atoms with Crippen molar-refractivity contribution in [2.24, 2.45) is 0 Å². The van der Waals surface area contributed by atoms with Gasteiger partial charge in [-0.3, -0.25) is 9.59 Å². The van der Waals surface area contributed by atoms with Crippen LogP contribution in [0.4, 0.5) is 5.69 Å². The molecule has 1 aromatic heterocycles. The van der Waals surface area contributed by atoms with Gasteiger partial charge in [0.2, 0.25) is 0 Å². The van der Waals surface area contributed by atoms with Crippen molar-refractivity contribution in [3.63, 3.8) is 0 Å². The Balaban J connectivity index is 1.83. The van der Waals surface area contributed by atoms with E-state index < -0.39 is 0 Å². The monoisotopic (exact) mass is 386 g/mol. The number of benzene rings is 2. The molecular weight excluding hydrogens is 368 g/mol. The second kappa shape index (κ2) is 8.34. The van der Waals surface area contributed by atoms with Gasteiger partial charge in [0.05, 0.1) is 16.3 Å². The van der Waals surface area contributed by atoms with Crippen LogP contribution in [0.3, 0.4) is 0 Å². The van der Waals surface area contributed by atoms with Crippen LogP contribution in [0.2, 0.25) is 5.02 Å². The Morgan fingerprint density at radius 3 is 2.54 bits per heavy atom. The largest absolute Gasteiger partial charge is 0.352 e. The molecule has 3 rings (SSSR count). The zero-order valence-electron chi connectivity index (χ0n) is 14.3. The number of fused-ring (bicyclic) bond motifs is 1. The first-order chi connectivity index (χ1) is 12.6. The van der Waals surface area contributed by atoms with Crippen LogP contribution in [0.5, 0.6) is 0 Å². The third-order valence-electron chi connectivity index (χ3n) is 3.98. The van der Waals surface area contributed by atoms with Crippen LogP contribution in [-0.2, 0) is 0 Å². The number of anilines is 1. The Kier molecular flexibility index (Phi) is 5.91. The van der Waals surface area contributed by atoms with E-state index in [1.807, 2.05) is 24.3 Å². The van der Waals surface area contributed by atoms with Crippen molar-refractivity contribution in [2.75, 3.05) is 11.9 Å². The molecule has 2 amide bonds. The number of nitrogens with one attached hydrogen (secondary N) is 2. The lowest BCUT2D eigenvalue weighted by atomic mass is 10.1. The molecule has 0 aliphatic carbocycles. The van der Waals surface area contributed by atoms with Crippen molar-refractivity contribution in [2.45, 2.75) is 19.8 Å². The molecule has 0 spiro atoms. The molecular formula is C20H19ClN2O2S. The molecule has 26 heavy (non-hydrogen) atoms. The minimum absolute atomic E-state index is 0.197. The highest BCUT2D eigenvalue weighted by molar-refractivity contribution is 7.21. The molecule has 0 fully saturated rings. The van der Waals surface area contributed by atoms with Crippen molar-refractivity contribution in [1.82, 2.24) is 5.32 Å². The smallest absolute Gasteiger partial charge is 0.267 e. The second-order valence-corrected chi connectivity index (χ2v) is 7.28. The maximum absolute atomic E-state index is 12.7. The summed E-state index contributed by atoms with van der Waals surface area (Å²) in [5, 5.41) is 6.99. The van der Waals surface area contributed by atoms with E-state index in [2.05, 4.69) is 17.6 Å². The summed E-state index contributed by atoms with van der Waals surface area (Å²) in [5.41, 5.74) is 0.911. The molecule has 0 saturated carbocycles. The molecule has 134 valence electrons. The van der Waals surface area contributed by atoms with E-state index >= 15 is 0 Å². The Morgan fingerprint density at radius 2 is 1.77 bits per heavy atom. The lowest BCUT2D eigenvalue weighted by Gasteiger charge is -2.11. The molecule has 3 aromatic rings. The molecule has 0 bridgehead atoms. The van der Waals surface area contributed by atoms with Gasteiger partial charge in [0.1, 0.15) is 4.88 Å². The summed E-state index contributed by atoms with van der Waals surface area (Å²) in [6, 6.07) is 14.6. The summed E-state index contributed by atoms with van der Waals surface area (Å²) in [6.45, 7) is 2.68. The van der Waals surface area contributed by atoms with Crippen LogP contribution < -0.4 is 10.6 Å². The predicted molar refractivity (Wildman–Crippen MR) is 108 cm³/mol. The Bertz CT molecular complexity index is 952. The average molecular weight is 387 g/mol. The van der Waals surface area contributed by atoms with E-state index in [1.54, 1.807) is 24.3 Å². The number of carbonyl (C=O) groups excluding carboxylic acids is 2. The van der Waals surface area contributed by atoms with Crippen molar-refractivity contribution >= 4 is 50.5 Å². The van der Waals surface area contributed by atoms with Gasteiger partial charge in [0, 0.05) is 16.6 Å². The van der Waals surface area contributed by atoms with Gasteiger partial charge in [-0.05, 0) is 24.6 Å². The van der Waals surface area contributed by atoms with Crippen LogP contribution >= 0.6 is 22.9 Å². The van der Waals surface area contributed by atoms with Crippen molar-refractivity contribution < 1.29 is 9.59 Å². The zero-order chi connectivity index (χ0) is 18.5. The lowest BCUT2D eigenvalue weighted by Crippen LogP contribution is -2.26. The Labute approximate surface area is 161 Å². The highest BCUT2D eigenvalue weighted by Crippen LogP contribution is 2.35. The summed E-state index contributed by atoms with van der Waals surface area (Å²) >= 11 is 7.71. The standard InChI is InChI=1S/C20H19ClN2O2S/c1-2-3-12-22-19(24)13-8-4-6-10-15(13)23-20(25)18-17(21)14-9-5-7-11-16(14)26-18/h4-11H,2-3,12H2,1H3,(H,22,24)(H,23,25). The van der Waals surface area contributed by atoms with Crippen LogP contribution in [-0.4, -0.2) is 18.4 Å². The minimum Gasteiger partial charge on any atom is -0.352 e. The van der Waals surface area contributed by atoms with Gasteiger partial charge in [0.25, 0.3) is 11.8 Å². The fraction of sp³-hybridized carbons (Fsp3) is 0.200. The van der Waals surface area contributed by atoms with E-state index in [0.717, 1.165) is 22.9 Å². The maximum atomic E-state index is 12.7. The normalized spacial score (nSPS) is 10.7. The van der Waals surface area contributed by atoms with Gasteiger partial charge in [0.15, 0.2) is 0 Å². The van der Waals surface area contributed by atoms with Crippen molar-refractivity contribution in [3.8, 4) is 0 Å². The molecule has 0 radical (unpaired) electrons. The first-order valence-corrected chi connectivity index (χ1v) is 9.67. The number of para-hydroxylation sites is 1. The first kappa shape index (κ1) is 18.4. The zero-order valence-corrected chi connectivity index (χ0v) is 15.9. The van der Waals surface area contributed by atoms with Gasteiger partial charge >= 0.3 is 0 Å². The molecule has 0 unspecified atom stereocenters. The number of unbranched alkanes of at least 4 members (excludes halogenated alkanes) is 1. The Hall–Kier alpha value is -2.37. The minimum atomic E-state index is -0.315. The summed E-state index contributed by atoms with van der Waals surface area (Å²) in [4.78, 5) is 25.5. The van der Waals surface area contributed by atoms with Gasteiger partial charge < -0.3 is 10.6 Å². The predicted octanol–water partition coefficient (Wildman–Crippen LogP) is 5.34. The number of thiophene rings is 1. The average Bonchev–Trinajstić information content (AvgIpc) is 2.99. The van der Waals surface area contributed by atoms with E-state index in [0.29, 0.717) is 27.7 Å². The third kappa shape index (κ3) is 3.89. The Morgan fingerprint density at radius 1 is 1.04 bits per heavy atom. The number of halogens is 1. The third-order valence-corrected chi connectivity index (χ3v) is 5.65. The summed E-state index contributed by atoms with van der Waals surface area (Å²) in [5.74, 6) is -0.512. The molecule has 0 aliphatic rings. The van der Waals surface area contributed by atoms with Crippen molar-refractivity contribution in [1.29, 1.82) is 0 Å². The molecule has 2 N–H and O–H groups in total. The van der Waals surface area contributed by atoms with E-state index in [9.17, 15) is 9.59 Å². The van der Waals surface area contributed by atoms with Gasteiger partial charge in [-0.1, -0.05) is 55.3 Å². The number of carbonyl (C=O) groups is 2. The number of hydrogen-bond donors (Lipinski definition) is 2. The lowest BCUT2D eigenvalue weighted by molar-refractivity contribution is 0.0954. The van der Waals surface area contributed by atoms with Gasteiger partial charge in [-0.25, -0.2) is 0 Å². The van der Waals surface area contributed by atoms with E-state index in [1.165, 1.54) is 11.3 Å². The number of hydrogen-bond acceptors (Lipinski definition) is 3. The molecule has 1 heterocycles.